The molecule has 0 aliphatic heterocycles. The second kappa shape index (κ2) is 9.61. The van der Waals surface area contributed by atoms with Gasteiger partial charge in [-0.1, -0.05) is 75.4 Å². The van der Waals surface area contributed by atoms with E-state index in [0.717, 1.165) is 5.56 Å². The van der Waals surface area contributed by atoms with Crippen LogP contribution < -0.4 is 10.9 Å². The van der Waals surface area contributed by atoms with Gasteiger partial charge in [-0.05, 0) is 21.9 Å². The van der Waals surface area contributed by atoms with Gasteiger partial charge in [0.15, 0.2) is 0 Å². The van der Waals surface area contributed by atoms with Crippen molar-refractivity contribution < 1.29 is 24.8 Å². The molecular weight excluding hydrogens is 306 g/mol. The quantitative estimate of drug-likeness (QED) is 0.435. The standard InChI is InChI=1S/C10H15BO2.C7H9BO3/c1-10(2,3)8-6-4-5-7-9(8)11(12)13;1-10-11-8(9)7-5-3-2-4-6-7/h4-7,12-13H,1-3H3;2-6,9H,1H3. The molecule has 0 saturated carbocycles. The lowest BCUT2D eigenvalue weighted by Crippen LogP contribution is -2.36. The summed E-state index contributed by atoms with van der Waals surface area (Å²) < 4.78 is 0. The Bertz CT molecular complexity index is 599. The minimum atomic E-state index is -1.38. The Morgan fingerprint density at radius 3 is 1.83 bits per heavy atom. The molecule has 2 aromatic rings. The van der Waals surface area contributed by atoms with Gasteiger partial charge in [0.05, 0.1) is 7.11 Å². The molecular formula is C17H24B2O5. The first-order valence-corrected chi connectivity index (χ1v) is 7.65. The van der Waals surface area contributed by atoms with E-state index in [1.807, 2.05) is 57.2 Å². The number of rotatable bonds is 4. The molecule has 0 aliphatic carbocycles. The Labute approximate surface area is 144 Å². The van der Waals surface area contributed by atoms with Crippen molar-refractivity contribution in [2.75, 3.05) is 7.11 Å². The molecule has 2 aromatic carbocycles. The van der Waals surface area contributed by atoms with Crippen LogP contribution in [0.1, 0.15) is 26.3 Å². The van der Waals surface area contributed by atoms with Crippen molar-refractivity contribution in [2.45, 2.75) is 26.2 Å². The van der Waals surface area contributed by atoms with E-state index in [1.165, 1.54) is 7.11 Å². The summed E-state index contributed by atoms with van der Waals surface area (Å²) in [6.07, 6.45) is 0. The second-order valence-corrected chi connectivity index (χ2v) is 6.24. The van der Waals surface area contributed by atoms with Gasteiger partial charge in [-0.25, -0.2) is 0 Å². The fraction of sp³-hybridized carbons (Fsp3) is 0.294. The van der Waals surface area contributed by atoms with Crippen LogP contribution in [0.3, 0.4) is 0 Å². The number of benzene rings is 2. The highest BCUT2D eigenvalue weighted by molar-refractivity contribution is 6.59. The van der Waals surface area contributed by atoms with Gasteiger partial charge < -0.3 is 15.1 Å². The maximum Gasteiger partial charge on any atom is 0.522 e. The molecule has 0 aromatic heterocycles. The van der Waals surface area contributed by atoms with Crippen molar-refractivity contribution in [1.29, 1.82) is 0 Å². The van der Waals surface area contributed by atoms with E-state index in [-0.39, 0.29) is 5.41 Å². The zero-order valence-electron chi connectivity index (χ0n) is 14.5. The van der Waals surface area contributed by atoms with Crippen LogP contribution in [0.25, 0.3) is 0 Å². The lowest BCUT2D eigenvalue weighted by molar-refractivity contribution is -0.193. The van der Waals surface area contributed by atoms with E-state index in [4.69, 9.17) is 10.0 Å². The first-order valence-electron chi connectivity index (χ1n) is 7.65. The van der Waals surface area contributed by atoms with Gasteiger partial charge >= 0.3 is 14.2 Å². The molecule has 3 N–H and O–H groups in total. The van der Waals surface area contributed by atoms with Gasteiger partial charge in [0, 0.05) is 0 Å². The van der Waals surface area contributed by atoms with Gasteiger partial charge in [0.2, 0.25) is 0 Å². The zero-order valence-corrected chi connectivity index (χ0v) is 14.5. The lowest BCUT2D eigenvalue weighted by Gasteiger charge is -2.22. The summed E-state index contributed by atoms with van der Waals surface area (Å²) in [6.45, 7) is 6.15. The smallest absolute Gasteiger partial charge is 0.423 e. The summed E-state index contributed by atoms with van der Waals surface area (Å²) in [5.41, 5.74) is 2.19. The summed E-state index contributed by atoms with van der Waals surface area (Å²) in [5.74, 6) is 0. The third-order valence-corrected chi connectivity index (χ3v) is 3.32. The topological polar surface area (TPSA) is 79.2 Å². The maximum absolute atomic E-state index is 9.17. The minimum Gasteiger partial charge on any atom is -0.423 e. The van der Waals surface area contributed by atoms with Crippen molar-refractivity contribution in [3.8, 4) is 0 Å². The molecule has 0 radical (unpaired) electrons. The van der Waals surface area contributed by atoms with Crippen molar-refractivity contribution in [1.82, 2.24) is 0 Å². The zero-order chi connectivity index (χ0) is 18.2. The number of hydrogen-bond donors (Lipinski definition) is 3. The Balaban J connectivity index is 0.000000243. The fourth-order valence-corrected chi connectivity index (χ4v) is 2.17. The molecule has 128 valence electrons. The monoisotopic (exact) mass is 330 g/mol. The average molecular weight is 330 g/mol. The Morgan fingerprint density at radius 1 is 0.833 bits per heavy atom. The van der Waals surface area contributed by atoms with Crippen LogP contribution in [0, 0.1) is 0 Å². The molecule has 0 fully saturated rings. The van der Waals surface area contributed by atoms with Crippen LogP contribution in [0.5, 0.6) is 0 Å². The molecule has 24 heavy (non-hydrogen) atoms. The molecule has 0 heterocycles. The Morgan fingerprint density at radius 2 is 1.38 bits per heavy atom. The van der Waals surface area contributed by atoms with E-state index < -0.39 is 14.2 Å². The SMILES string of the molecule is CC(C)(C)c1ccccc1B(O)O.COOB(O)c1ccccc1. The largest absolute Gasteiger partial charge is 0.522 e. The second-order valence-electron chi connectivity index (χ2n) is 6.24. The van der Waals surface area contributed by atoms with E-state index in [0.29, 0.717) is 10.9 Å². The molecule has 0 bridgehead atoms. The van der Waals surface area contributed by atoms with Gasteiger partial charge in [-0.15, -0.1) is 0 Å². The highest BCUT2D eigenvalue weighted by Gasteiger charge is 2.23. The highest BCUT2D eigenvalue weighted by atomic mass is 17.2. The lowest BCUT2D eigenvalue weighted by atomic mass is 9.70. The average Bonchev–Trinajstić information content (AvgIpc) is 2.56. The molecule has 0 spiro atoms. The van der Waals surface area contributed by atoms with Crippen molar-refractivity contribution in [2.24, 2.45) is 0 Å². The van der Waals surface area contributed by atoms with Gasteiger partial charge in [-0.3, -0.25) is 9.69 Å². The van der Waals surface area contributed by atoms with Crippen LogP contribution in [0.4, 0.5) is 0 Å². The van der Waals surface area contributed by atoms with Gasteiger partial charge in [0.1, 0.15) is 0 Å². The van der Waals surface area contributed by atoms with Crippen LogP contribution >= 0.6 is 0 Å². The molecule has 0 atom stereocenters. The normalized spacial score (nSPS) is 10.6. The summed E-state index contributed by atoms with van der Waals surface area (Å²) in [4.78, 5) is 8.79. The van der Waals surface area contributed by atoms with Crippen LogP contribution in [-0.2, 0) is 15.1 Å². The Hall–Kier alpha value is -1.63. The fourth-order valence-electron chi connectivity index (χ4n) is 2.17. The first-order chi connectivity index (χ1) is 11.3. The van der Waals surface area contributed by atoms with Crippen LogP contribution in [-0.4, -0.2) is 36.4 Å². The third-order valence-electron chi connectivity index (χ3n) is 3.32. The van der Waals surface area contributed by atoms with Gasteiger partial charge in [0.25, 0.3) is 0 Å². The van der Waals surface area contributed by atoms with Crippen molar-refractivity contribution >= 4 is 25.2 Å². The van der Waals surface area contributed by atoms with E-state index in [1.54, 1.807) is 18.2 Å². The molecule has 5 nitrogen and oxygen atoms in total. The summed E-state index contributed by atoms with van der Waals surface area (Å²) in [7, 11) is -1.02. The van der Waals surface area contributed by atoms with Crippen LogP contribution in [0.2, 0.25) is 0 Å². The van der Waals surface area contributed by atoms with E-state index in [9.17, 15) is 5.02 Å². The Kier molecular flexibility index (Phi) is 8.18. The summed E-state index contributed by atoms with van der Waals surface area (Å²) >= 11 is 0. The van der Waals surface area contributed by atoms with E-state index in [2.05, 4.69) is 9.69 Å². The molecule has 0 aliphatic rings. The molecule has 0 amide bonds. The maximum atomic E-state index is 9.17. The molecule has 0 unspecified atom stereocenters. The predicted octanol–water partition coefficient (Wildman–Crippen LogP) is 0.616. The summed E-state index contributed by atoms with van der Waals surface area (Å²) in [5, 5.41) is 27.4. The predicted molar refractivity (Wildman–Crippen MR) is 97.1 cm³/mol. The van der Waals surface area contributed by atoms with Crippen molar-refractivity contribution in [3.63, 3.8) is 0 Å². The molecule has 2 rings (SSSR count). The third kappa shape index (κ3) is 6.47. The first kappa shape index (κ1) is 20.4. The van der Waals surface area contributed by atoms with Crippen LogP contribution in [0.15, 0.2) is 54.6 Å². The highest BCUT2D eigenvalue weighted by Crippen LogP contribution is 2.19. The number of hydrogen-bond acceptors (Lipinski definition) is 5. The molecule has 7 heteroatoms. The van der Waals surface area contributed by atoms with Crippen molar-refractivity contribution in [3.05, 3.63) is 60.2 Å². The minimum absolute atomic E-state index is 0.0553. The molecule has 0 saturated heterocycles. The van der Waals surface area contributed by atoms with Gasteiger partial charge in [-0.2, -0.15) is 0 Å². The van der Waals surface area contributed by atoms with E-state index >= 15 is 0 Å². The summed E-state index contributed by atoms with van der Waals surface area (Å²) in [6, 6.07) is 16.4.